The van der Waals surface area contributed by atoms with Crippen LogP contribution in [0.4, 0.5) is 13.2 Å². The molecular weight excluding hydrogens is 445 g/mol. The minimum atomic E-state index is -4.39. The predicted molar refractivity (Wildman–Crippen MR) is 136 cm³/mol. The van der Waals surface area contributed by atoms with E-state index >= 15 is 0 Å². The van der Waals surface area contributed by atoms with Crippen molar-refractivity contribution in [2.24, 2.45) is 0 Å². The van der Waals surface area contributed by atoms with Gasteiger partial charge in [-0.05, 0) is 60.0 Å². The number of hydrogen-bond donors (Lipinski definition) is 0. The van der Waals surface area contributed by atoms with E-state index in [1.165, 1.54) is 12.1 Å². The summed E-state index contributed by atoms with van der Waals surface area (Å²) in [6.07, 6.45) is -4.39. The zero-order chi connectivity index (χ0) is 24.3. The number of aryl methyl sites for hydroxylation is 2. The van der Waals surface area contributed by atoms with Crippen LogP contribution in [0.3, 0.4) is 0 Å². The Labute approximate surface area is 200 Å². The SMILES string of the molecule is Cc1cc(C)cc(-n2c(-c3ccc(C(F)(F)F)cc3)nc3c4ccccc4c4ccccc4c32)c1. The van der Waals surface area contributed by atoms with Gasteiger partial charge in [0.25, 0.3) is 0 Å². The molecule has 0 aliphatic carbocycles. The Balaban J connectivity index is 1.79. The van der Waals surface area contributed by atoms with Crippen LogP contribution in [0.1, 0.15) is 16.7 Å². The minimum Gasteiger partial charge on any atom is -0.292 e. The van der Waals surface area contributed by atoms with Crippen LogP contribution in [0.2, 0.25) is 0 Å². The Hall–Kier alpha value is -4.12. The number of aromatic nitrogens is 2. The molecule has 0 saturated heterocycles. The van der Waals surface area contributed by atoms with Crippen molar-refractivity contribution in [1.82, 2.24) is 9.55 Å². The van der Waals surface area contributed by atoms with Crippen molar-refractivity contribution in [3.63, 3.8) is 0 Å². The van der Waals surface area contributed by atoms with Crippen LogP contribution in [0.15, 0.2) is 91.0 Å². The van der Waals surface area contributed by atoms with Crippen molar-refractivity contribution in [2.45, 2.75) is 20.0 Å². The summed E-state index contributed by atoms with van der Waals surface area (Å²) in [6, 6.07) is 27.9. The van der Waals surface area contributed by atoms with E-state index < -0.39 is 11.7 Å². The molecule has 5 heteroatoms. The fraction of sp³-hybridized carbons (Fsp3) is 0.100. The summed E-state index contributed by atoms with van der Waals surface area (Å²) < 4.78 is 41.8. The summed E-state index contributed by atoms with van der Waals surface area (Å²) in [6.45, 7) is 4.09. The zero-order valence-electron chi connectivity index (χ0n) is 19.2. The third kappa shape index (κ3) is 3.46. The molecule has 0 N–H and O–H groups in total. The molecule has 0 amide bonds. The number of benzene rings is 5. The molecule has 0 bridgehead atoms. The molecule has 0 saturated carbocycles. The number of fused-ring (bicyclic) bond motifs is 6. The Morgan fingerprint density at radius 1 is 0.657 bits per heavy atom. The van der Waals surface area contributed by atoms with E-state index in [-0.39, 0.29) is 0 Å². The van der Waals surface area contributed by atoms with Gasteiger partial charge in [-0.15, -0.1) is 0 Å². The van der Waals surface area contributed by atoms with E-state index in [2.05, 4.69) is 47.0 Å². The van der Waals surface area contributed by atoms with Gasteiger partial charge in [0.2, 0.25) is 0 Å². The first-order valence-corrected chi connectivity index (χ1v) is 11.4. The van der Waals surface area contributed by atoms with Crippen molar-refractivity contribution in [3.05, 3.63) is 108 Å². The topological polar surface area (TPSA) is 17.8 Å². The van der Waals surface area contributed by atoms with Crippen molar-refractivity contribution in [1.29, 1.82) is 0 Å². The quantitative estimate of drug-likeness (QED) is 0.234. The molecule has 1 aromatic heterocycles. The first kappa shape index (κ1) is 21.4. The van der Waals surface area contributed by atoms with Gasteiger partial charge >= 0.3 is 6.18 Å². The number of hydrogen-bond acceptors (Lipinski definition) is 1. The zero-order valence-corrected chi connectivity index (χ0v) is 19.2. The molecule has 0 atom stereocenters. The van der Waals surface area contributed by atoms with Gasteiger partial charge in [-0.2, -0.15) is 13.2 Å². The molecule has 0 fully saturated rings. The van der Waals surface area contributed by atoms with Gasteiger partial charge in [-0.3, -0.25) is 4.57 Å². The lowest BCUT2D eigenvalue weighted by Crippen LogP contribution is -2.04. The molecule has 2 nitrogen and oxygen atoms in total. The lowest BCUT2D eigenvalue weighted by molar-refractivity contribution is -0.137. The first-order chi connectivity index (χ1) is 16.8. The number of imidazole rings is 1. The van der Waals surface area contributed by atoms with E-state index in [9.17, 15) is 13.2 Å². The lowest BCUT2D eigenvalue weighted by Gasteiger charge is -2.14. The van der Waals surface area contributed by atoms with Crippen molar-refractivity contribution < 1.29 is 13.2 Å². The number of halogens is 3. The maximum Gasteiger partial charge on any atom is 0.416 e. The highest BCUT2D eigenvalue weighted by Crippen LogP contribution is 2.39. The van der Waals surface area contributed by atoms with Crippen molar-refractivity contribution >= 4 is 32.6 Å². The van der Waals surface area contributed by atoms with Crippen LogP contribution in [0, 0.1) is 13.8 Å². The minimum absolute atomic E-state index is 0.611. The molecule has 6 aromatic rings. The number of alkyl halides is 3. The second-order valence-electron chi connectivity index (χ2n) is 8.98. The Kier molecular flexibility index (Phi) is 4.71. The van der Waals surface area contributed by atoms with Gasteiger partial charge in [0.1, 0.15) is 5.82 Å². The number of nitrogens with zero attached hydrogens (tertiary/aromatic N) is 2. The van der Waals surface area contributed by atoms with E-state index in [0.29, 0.717) is 11.4 Å². The van der Waals surface area contributed by atoms with Gasteiger partial charge in [-0.1, -0.05) is 66.7 Å². The summed E-state index contributed by atoms with van der Waals surface area (Å²) in [7, 11) is 0. The predicted octanol–water partition coefficient (Wildman–Crippen LogP) is 8.63. The standard InChI is InChI=1S/C30H21F3N2/c1-18-15-19(2)17-22(16-18)35-28-26-10-6-4-8-24(26)23-7-3-5-9-25(23)27(28)34-29(35)20-11-13-21(14-12-20)30(31,32)33/h3-17H,1-2H3. The fourth-order valence-electron chi connectivity index (χ4n) is 5.04. The molecule has 0 aliphatic heterocycles. The Morgan fingerprint density at radius 3 is 1.80 bits per heavy atom. The molecule has 1 heterocycles. The van der Waals surface area contributed by atoms with Crippen LogP contribution in [0.5, 0.6) is 0 Å². The summed E-state index contributed by atoms with van der Waals surface area (Å²) in [5.41, 5.74) is 4.86. The monoisotopic (exact) mass is 466 g/mol. The summed E-state index contributed by atoms with van der Waals surface area (Å²) in [5, 5.41) is 4.27. The van der Waals surface area contributed by atoms with Gasteiger partial charge in [0.15, 0.2) is 0 Å². The molecule has 0 spiro atoms. The van der Waals surface area contributed by atoms with E-state index in [4.69, 9.17) is 4.98 Å². The van der Waals surface area contributed by atoms with Gasteiger partial charge < -0.3 is 0 Å². The average Bonchev–Trinajstić information content (AvgIpc) is 3.24. The highest BCUT2D eigenvalue weighted by molar-refractivity contribution is 6.24. The first-order valence-electron chi connectivity index (χ1n) is 11.4. The lowest BCUT2D eigenvalue weighted by atomic mass is 10.00. The second kappa shape index (κ2) is 7.70. The highest BCUT2D eigenvalue weighted by Gasteiger charge is 2.30. The number of rotatable bonds is 2. The second-order valence-corrected chi connectivity index (χ2v) is 8.98. The summed E-state index contributed by atoms with van der Waals surface area (Å²) >= 11 is 0. The fourth-order valence-corrected chi connectivity index (χ4v) is 5.04. The van der Waals surface area contributed by atoms with Crippen molar-refractivity contribution in [2.75, 3.05) is 0 Å². The Morgan fingerprint density at radius 2 is 1.20 bits per heavy atom. The van der Waals surface area contributed by atoms with Crippen LogP contribution < -0.4 is 0 Å². The normalized spacial score (nSPS) is 12.1. The third-order valence-electron chi connectivity index (χ3n) is 6.47. The molecule has 172 valence electrons. The maximum absolute atomic E-state index is 13.3. The van der Waals surface area contributed by atoms with Crippen LogP contribution >= 0.6 is 0 Å². The Bertz CT molecular complexity index is 1720. The molecule has 5 aromatic carbocycles. The van der Waals surface area contributed by atoms with Crippen molar-refractivity contribution in [3.8, 4) is 17.1 Å². The molecule has 0 unspecified atom stereocenters. The van der Waals surface area contributed by atoms with Gasteiger partial charge in [0.05, 0.1) is 16.6 Å². The summed E-state index contributed by atoms with van der Waals surface area (Å²) in [5.74, 6) is 0.611. The maximum atomic E-state index is 13.3. The average molecular weight is 467 g/mol. The molecule has 6 rings (SSSR count). The van der Waals surface area contributed by atoms with Crippen LogP contribution in [-0.4, -0.2) is 9.55 Å². The van der Waals surface area contributed by atoms with Gasteiger partial charge in [-0.25, -0.2) is 4.98 Å². The van der Waals surface area contributed by atoms with E-state index in [1.54, 1.807) is 0 Å². The van der Waals surface area contributed by atoms with Crippen LogP contribution in [0.25, 0.3) is 49.7 Å². The van der Waals surface area contributed by atoms with E-state index in [0.717, 1.165) is 61.5 Å². The highest BCUT2D eigenvalue weighted by atomic mass is 19.4. The van der Waals surface area contributed by atoms with Crippen LogP contribution in [-0.2, 0) is 6.18 Å². The van der Waals surface area contributed by atoms with E-state index in [1.807, 2.05) is 38.1 Å². The van der Waals surface area contributed by atoms with Gasteiger partial charge in [0, 0.05) is 22.0 Å². The smallest absolute Gasteiger partial charge is 0.292 e. The third-order valence-corrected chi connectivity index (χ3v) is 6.47. The summed E-state index contributed by atoms with van der Waals surface area (Å²) in [4.78, 5) is 5.07. The molecule has 35 heavy (non-hydrogen) atoms. The largest absolute Gasteiger partial charge is 0.416 e. The molecule has 0 radical (unpaired) electrons. The molecular formula is C30H21F3N2. The molecule has 0 aliphatic rings.